The maximum Gasteiger partial charge on any atom is 0.242 e. The van der Waals surface area contributed by atoms with Crippen molar-refractivity contribution in [3.8, 4) is 28.8 Å². The summed E-state index contributed by atoms with van der Waals surface area (Å²) in [5, 5.41) is 12.7. The minimum Gasteiger partial charge on any atom is -0.493 e. The number of hydrogen-bond donors (Lipinski definition) is 1. The Bertz CT molecular complexity index is 1330. The quantitative estimate of drug-likeness (QED) is 0.373. The second-order valence-electron chi connectivity index (χ2n) is 6.47. The zero-order chi connectivity index (χ0) is 22.6. The highest BCUT2D eigenvalue weighted by Gasteiger charge is 2.15. The summed E-state index contributed by atoms with van der Waals surface area (Å²) in [5.41, 5.74) is 1.25. The van der Waals surface area contributed by atoms with Crippen molar-refractivity contribution in [2.45, 2.75) is 4.90 Å². The third kappa shape index (κ3) is 4.45. The van der Waals surface area contributed by atoms with Crippen LogP contribution in [0, 0.1) is 0 Å². The molecule has 0 atom stereocenters. The highest BCUT2D eigenvalue weighted by Crippen LogP contribution is 2.31. The molecule has 0 fully saturated rings. The van der Waals surface area contributed by atoms with Gasteiger partial charge in [0, 0.05) is 30.6 Å². The summed E-state index contributed by atoms with van der Waals surface area (Å²) >= 11 is 0. The van der Waals surface area contributed by atoms with Crippen LogP contribution in [-0.2, 0) is 10.0 Å². The first-order chi connectivity index (χ1) is 15.5. The minimum absolute atomic E-state index is 0.0572. The van der Waals surface area contributed by atoms with Gasteiger partial charge in [-0.05, 0) is 36.4 Å². The van der Waals surface area contributed by atoms with Crippen LogP contribution in [0.3, 0.4) is 0 Å². The number of nitrogens with zero attached hydrogens (tertiary/aromatic N) is 5. The Kier molecular flexibility index (Phi) is 6.14. The molecule has 0 saturated carbocycles. The van der Waals surface area contributed by atoms with Crippen LogP contribution < -0.4 is 18.9 Å². The molecule has 3 heterocycles. The highest BCUT2D eigenvalue weighted by molar-refractivity contribution is 7.89. The lowest BCUT2D eigenvalue weighted by Crippen LogP contribution is -2.28. The number of sulfonamides is 1. The van der Waals surface area contributed by atoms with Gasteiger partial charge >= 0.3 is 0 Å². The number of fused-ring (bicyclic) bond motifs is 1. The van der Waals surface area contributed by atoms with Crippen LogP contribution in [0.4, 0.5) is 0 Å². The topological polar surface area (TPSA) is 130 Å². The van der Waals surface area contributed by atoms with Gasteiger partial charge in [-0.3, -0.25) is 4.98 Å². The van der Waals surface area contributed by atoms with Crippen LogP contribution in [0.1, 0.15) is 0 Å². The monoisotopic (exact) mass is 456 g/mol. The smallest absolute Gasteiger partial charge is 0.242 e. The molecule has 4 aromatic rings. The van der Waals surface area contributed by atoms with E-state index in [-0.39, 0.29) is 18.0 Å². The number of pyridine rings is 1. The van der Waals surface area contributed by atoms with Gasteiger partial charge in [0.1, 0.15) is 11.5 Å². The number of hydrogen-bond acceptors (Lipinski definition) is 9. The lowest BCUT2D eigenvalue weighted by atomic mass is 10.2. The largest absolute Gasteiger partial charge is 0.493 e. The molecule has 0 bridgehead atoms. The number of nitrogens with one attached hydrogen (secondary N) is 1. The number of aromatic nitrogens is 5. The predicted octanol–water partition coefficient (Wildman–Crippen LogP) is 1.56. The van der Waals surface area contributed by atoms with Crippen LogP contribution in [0.5, 0.6) is 17.4 Å². The van der Waals surface area contributed by atoms with Crippen LogP contribution in [0.15, 0.2) is 59.8 Å². The van der Waals surface area contributed by atoms with Crippen molar-refractivity contribution >= 4 is 15.7 Å². The van der Waals surface area contributed by atoms with Crippen molar-refractivity contribution in [2.75, 3.05) is 27.4 Å². The summed E-state index contributed by atoms with van der Waals surface area (Å²) in [6.45, 7) is 0.132. The second-order valence-corrected chi connectivity index (χ2v) is 8.24. The van der Waals surface area contributed by atoms with Crippen molar-refractivity contribution in [2.24, 2.45) is 0 Å². The van der Waals surface area contributed by atoms with Crippen molar-refractivity contribution in [3.05, 3.63) is 54.9 Å². The van der Waals surface area contributed by atoms with Gasteiger partial charge in [0.15, 0.2) is 23.0 Å². The predicted molar refractivity (Wildman–Crippen MR) is 114 cm³/mol. The zero-order valence-corrected chi connectivity index (χ0v) is 18.1. The Morgan fingerprint density at radius 1 is 1.03 bits per heavy atom. The fraction of sp³-hybridized carbons (Fsp3) is 0.200. The lowest BCUT2D eigenvalue weighted by Gasteiger charge is -2.09. The van der Waals surface area contributed by atoms with Crippen molar-refractivity contribution in [1.82, 2.24) is 29.5 Å². The fourth-order valence-corrected chi connectivity index (χ4v) is 3.90. The zero-order valence-electron chi connectivity index (χ0n) is 17.3. The molecule has 0 aliphatic rings. The molecular weight excluding hydrogens is 436 g/mol. The summed E-state index contributed by atoms with van der Waals surface area (Å²) in [7, 11) is -0.542. The Morgan fingerprint density at radius 2 is 1.88 bits per heavy atom. The molecule has 0 spiro atoms. The molecule has 166 valence electrons. The van der Waals surface area contributed by atoms with Gasteiger partial charge < -0.3 is 14.2 Å². The molecule has 0 aliphatic heterocycles. The first-order valence-electron chi connectivity index (χ1n) is 9.49. The standard InChI is InChI=1S/C20H20N6O5S/c1-29-16-6-5-14(12-17(16)30-2)20-24-23-18-7-8-19(25-26(18)20)31-11-10-22-32(27,28)15-4-3-9-21-13-15/h3-9,12-13,22H,10-11H2,1-2H3. The Hall–Kier alpha value is -3.77. The molecule has 0 unspecified atom stereocenters. The molecule has 0 amide bonds. The highest BCUT2D eigenvalue weighted by atomic mass is 32.2. The molecule has 0 aliphatic carbocycles. The summed E-state index contributed by atoms with van der Waals surface area (Å²) in [5.74, 6) is 1.93. The van der Waals surface area contributed by atoms with Crippen LogP contribution in [-0.4, -0.2) is 60.6 Å². The molecular formula is C20H20N6O5S. The van der Waals surface area contributed by atoms with Crippen molar-refractivity contribution in [3.63, 3.8) is 0 Å². The normalized spacial score (nSPS) is 11.4. The minimum atomic E-state index is -3.66. The Balaban J connectivity index is 1.47. The summed E-state index contributed by atoms with van der Waals surface area (Å²) in [6, 6.07) is 11.7. The van der Waals surface area contributed by atoms with E-state index in [0.717, 1.165) is 5.56 Å². The molecule has 32 heavy (non-hydrogen) atoms. The molecule has 3 aromatic heterocycles. The average Bonchev–Trinajstić information content (AvgIpc) is 3.25. The number of ether oxygens (including phenoxy) is 3. The fourth-order valence-electron chi connectivity index (χ4n) is 2.93. The number of methoxy groups -OCH3 is 2. The van der Waals surface area contributed by atoms with E-state index >= 15 is 0 Å². The first-order valence-corrected chi connectivity index (χ1v) is 11.0. The maximum atomic E-state index is 12.2. The van der Waals surface area contributed by atoms with E-state index in [2.05, 4.69) is 25.0 Å². The first kappa shape index (κ1) is 21.5. The van der Waals surface area contributed by atoms with Gasteiger partial charge in [0.2, 0.25) is 15.9 Å². The van der Waals surface area contributed by atoms with E-state index < -0.39 is 10.0 Å². The van der Waals surface area contributed by atoms with Crippen LogP contribution in [0.2, 0.25) is 0 Å². The third-order valence-electron chi connectivity index (χ3n) is 4.47. The van der Waals surface area contributed by atoms with Crippen LogP contribution >= 0.6 is 0 Å². The molecule has 1 N–H and O–H groups in total. The van der Waals surface area contributed by atoms with E-state index in [4.69, 9.17) is 14.2 Å². The lowest BCUT2D eigenvalue weighted by molar-refractivity contribution is 0.306. The molecule has 1 aromatic carbocycles. The maximum absolute atomic E-state index is 12.2. The SMILES string of the molecule is COc1ccc(-c2nnc3ccc(OCCNS(=O)(=O)c4cccnc4)nn23)cc1OC. The van der Waals surface area contributed by atoms with Crippen molar-refractivity contribution in [1.29, 1.82) is 0 Å². The summed E-state index contributed by atoms with van der Waals surface area (Å²) in [4.78, 5) is 3.90. The Morgan fingerprint density at radius 3 is 2.62 bits per heavy atom. The average molecular weight is 456 g/mol. The van der Waals surface area contributed by atoms with Crippen LogP contribution in [0.25, 0.3) is 17.0 Å². The van der Waals surface area contributed by atoms with Gasteiger partial charge in [0.25, 0.3) is 0 Å². The third-order valence-corrected chi connectivity index (χ3v) is 5.92. The molecule has 4 rings (SSSR count). The Labute approximate surface area is 184 Å². The van der Waals surface area contributed by atoms with Gasteiger partial charge in [-0.25, -0.2) is 13.1 Å². The van der Waals surface area contributed by atoms with E-state index in [1.807, 2.05) is 6.07 Å². The van der Waals surface area contributed by atoms with Gasteiger partial charge in [-0.1, -0.05) is 0 Å². The summed E-state index contributed by atoms with van der Waals surface area (Å²) < 4.78 is 44.7. The second kappa shape index (κ2) is 9.16. The van der Waals surface area contributed by atoms with Gasteiger partial charge in [0.05, 0.1) is 14.2 Å². The van der Waals surface area contributed by atoms with Crippen molar-refractivity contribution < 1.29 is 22.6 Å². The molecule has 0 radical (unpaired) electrons. The molecule has 12 heteroatoms. The molecule has 0 saturated heterocycles. The molecule has 11 nitrogen and oxygen atoms in total. The van der Waals surface area contributed by atoms with E-state index in [1.54, 1.807) is 44.6 Å². The van der Waals surface area contributed by atoms with Gasteiger partial charge in [-0.2, -0.15) is 4.52 Å². The number of rotatable bonds is 9. The van der Waals surface area contributed by atoms with E-state index in [0.29, 0.717) is 28.9 Å². The van der Waals surface area contributed by atoms with Gasteiger partial charge in [-0.15, -0.1) is 15.3 Å². The summed E-state index contributed by atoms with van der Waals surface area (Å²) in [6.07, 6.45) is 2.78. The van der Waals surface area contributed by atoms with E-state index in [1.165, 1.54) is 23.0 Å². The number of benzene rings is 1. The van der Waals surface area contributed by atoms with E-state index in [9.17, 15) is 8.42 Å².